The van der Waals surface area contributed by atoms with Crippen LogP contribution in [0.1, 0.15) is 5.01 Å². The summed E-state index contributed by atoms with van der Waals surface area (Å²) in [6, 6.07) is 7.53. The minimum Gasteiger partial charge on any atom is -0.497 e. The number of thiazole rings is 1. The molecule has 0 bridgehead atoms. The molecule has 0 saturated heterocycles. The van der Waals surface area contributed by atoms with Crippen molar-refractivity contribution in [3.63, 3.8) is 0 Å². The van der Waals surface area contributed by atoms with Crippen LogP contribution < -0.4 is 4.74 Å². The van der Waals surface area contributed by atoms with Gasteiger partial charge in [0.05, 0.1) is 19.2 Å². The van der Waals surface area contributed by atoms with E-state index < -0.39 is 5.97 Å². The average molecular weight is 249 g/mol. The van der Waals surface area contributed by atoms with Crippen LogP contribution in [0.5, 0.6) is 5.75 Å². The van der Waals surface area contributed by atoms with E-state index in [-0.39, 0.29) is 6.42 Å². The molecule has 0 saturated carbocycles. The maximum absolute atomic E-state index is 10.6. The van der Waals surface area contributed by atoms with Crippen molar-refractivity contribution in [2.24, 2.45) is 0 Å². The fraction of sp³-hybridized carbons (Fsp3) is 0.167. The van der Waals surface area contributed by atoms with Gasteiger partial charge in [0.1, 0.15) is 10.8 Å². The van der Waals surface area contributed by atoms with Crippen LogP contribution in [0.2, 0.25) is 0 Å². The van der Waals surface area contributed by atoms with Crippen molar-refractivity contribution in [3.05, 3.63) is 34.7 Å². The van der Waals surface area contributed by atoms with Gasteiger partial charge >= 0.3 is 5.97 Å². The lowest BCUT2D eigenvalue weighted by Crippen LogP contribution is -1.99. The first kappa shape index (κ1) is 11.6. The molecule has 0 spiro atoms. The summed E-state index contributed by atoms with van der Waals surface area (Å²) >= 11 is 1.35. The van der Waals surface area contributed by atoms with Crippen molar-refractivity contribution in [2.75, 3.05) is 7.11 Å². The highest BCUT2D eigenvalue weighted by atomic mass is 32.1. The molecule has 2 rings (SSSR count). The zero-order valence-electron chi connectivity index (χ0n) is 9.21. The van der Waals surface area contributed by atoms with Gasteiger partial charge in [0.2, 0.25) is 0 Å². The molecule has 0 aliphatic heterocycles. The van der Waals surface area contributed by atoms with E-state index in [2.05, 4.69) is 4.98 Å². The third kappa shape index (κ3) is 2.82. The van der Waals surface area contributed by atoms with Crippen LogP contribution in [0.25, 0.3) is 11.3 Å². The second kappa shape index (κ2) is 4.97. The molecule has 0 aliphatic carbocycles. The third-order valence-electron chi connectivity index (χ3n) is 2.22. The molecular weight excluding hydrogens is 238 g/mol. The summed E-state index contributed by atoms with van der Waals surface area (Å²) in [6.45, 7) is 0. The number of carboxylic acid groups (broad SMARTS) is 1. The first-order valence-electron chi connectivity index (χ1n) is 4.99. The number of hydrogen-bond acceptors (Lipinski definition) is 4. The molecule has 1 heterocycles. The summed E-state index contributed by atoms with van der Waals surface area (Å²) in [5.41, 5.74) is 1.71. The number of ether oxygens (including phenoxy) is 1. The smallest absolute Gasteiger partial charge is 0.310 e. The monoisotopic (exact) mass is 249 g/mol. The Kier molecular flexibility index (Phi) is 3.39. The highest BCUT2D eigenvalue weighted by Gasteiger charge is 2.08. The molecule has 1 aromatic heterocycles. The highest BCUT2D eigenvalue weighted by molar-refractivity contribution is 7.10. The van der Waals surface area contributed by atoms with Gasteiger partial charge in [-0.15, -0.1) is 11.3 Å². The maximum atomic E-state index is 10.6. The topological polar surface area (TPSA) is 59.4 Å². The second-order valence-corrected chi connectivity index (χ2v) is 4.37. The predicted octanol–water partition coefficient (Wildman–Crippen LogP) is 2.45. The Bertz CT molecular complexity index is 536. The Labute approximate surface area is 103 Å². The van der Waals surface area contributed by atoms with E-state index in [0.717, 1.165) is 17.0 Å². The molecule has 88 valence electrons. The Morgan fingerprint density at radius 1 is 1.53 bits per heavy atom. The zero-order chi connectivity index (χ0) is 12.3. The normalized spacial score (nSPS) is 10.2. The third-order valence-corrected chi connectivity index (χ3v) is 3.07. The fourth-order valence-corrected chi connectivity index (χ4v) is 2.23. The van der Waals surface area contributed by atoms with Gasteiger partial charge in [-0.1, -0.05) is 12.1 Å². The van der Waals surface area contributed by atoms with Crippen molar-refractivity contribution in [2.45, 2.75) is 6.42 Å². The lowest BCUT2D eigenvalue weighted by Gasteiger charge is -2.01. The molecule has 0 aliphatic rings. The van der Waals surface area contributed by atoms with E-state index in [1.807, 2.05) is 29.6 Å². The van der Waals surface area contributed by atoms with Crippen molar-refractivity contribution < 1.29 is 14.6 Å². The number of benzene rings is 1. The molecule has 0 radical (unpaired) electrons. The van der Waals surface area contributed by atoms with Crippen LogP contribution in [-0.2, 0) is 11.2 Å². The molecule has 0 atom stereocenters. The Morgan fingerprint density at radius 3 is 3.06 bits per heavy atom. The average Bonchev–Trinajstić information content (AvgIpc) is 2.77. The summed E-state index contributed by atoms with van der Waals surface area (Å²) in [6.07, 6.45) is -0.0331. The van der Waals surface area contributed by atoms with E-state index in [1.165, 1.54) is 11.3 Å². The number of nitrogens with zero attached hydrogens (tertiary/aromatic N) is 1. The molecule has 1 aromatic carbocycles. The van der Waals surface area contributed by atoms with Crippen LogP contribution in [0.15, 0.2) is 29.6 Å². The van der Waals surface area contributed by atoms with Gasteiger partial charge in [-0.2, -0.15) is 0 Å². The van der Waals surface area contributed by atoms with Gasteiger partial charge < -0.3 is 9.84 Å². The van der Waals surface area contributed by atoms with Crippen LogP contribution in [-0.4, -0.2) is 23.2 Å². The minimum atomic E-state index is -0.864. The summed E-state index contributed by atoms with van der Waals surface area (Å²) in [7, 11) is 1.61. The minimum absolute atomic E-state index is 0.0331. The lowest BCUT2D eigenvalue weighted by atomic mass is 10.2. The predicted molar refractivity (Wildman–Crippen MR) is 65.4 cm³/mol. The van der Waals surface area contributed by atoms with Crippen LogP contribution >= 0.6 is 11.3 Å². The highest BCUT2D eigenvalue weighted by Crippen LogP contribution is 2.25. The Hall–Kier alpha value is -1.88. The molecule has 4 nitrogen and oxygen atoms in total. The lowest BCUT2D eigenvalue weighted by molar-refractivity contribution is -0.136. The van der Waals surface area contributed by atoms with Crippen molar-refractivity contribution in [3.8, 4) is 17.0 Å². The van der Waals surface area contributed by atoms with Gasteiger partial charge in [-0.3, -0.25) is 4.79 Å². The number of hydrogen-bond donors (Lipinski definition) is 1. The summed E-state index contributed by atoms with van der Waals surface area (Å²) < 4.78 is 5.13. The summed E-state index contributed by atoms with van der Waals surface area (Å²) in [5.74, 6) is -0.105. The number of aliphatic carboxylic acids is 1. The van der Waals surface area contributed by atoms with E-state index >= 15 is 0 Å². The molecule has 1 N–H and O–H groups in total. The number of methoxy groups -OCH3 is 1. The van der Waals surface area contributed by atoms with Crippen LogP contribution in [0, 0.1) is 0 Å². The molecule has 5 heteroatoms. The number of aromatic nitrogens is 1. The van der Waals surface area contributed by atoms with Crippen molar-refractivity contribution >= 4 is 17.3 Å². The first-order valence-corrected chi connectivity index (χ1v) is 5.87. The van der Waals surface area contributed by atoms with Crippen LogP contribution in [0.4, 0.5) is 0 Å². The van der Waals surface area contributed by atoms with Gasteiger partial charge in [0, 0.05) is 10.9 Å². The number of carboxylic acids is 1. The van der Waals surface area contributed by atoms with Gasteiger partial charge in [0.15, 0.2) is 0 Å². The Balaban J connectivity index is 2.26. The van der Waals surface area contributed by atoms with Crippen molar-refractivity contribution in [1.29, 1.82) is 0 Å². The van der Waals surface area contributed by atoms with Gasteiger partial charge in [-0.25, -0.2) is 4.98 Å². The SMILES string of the molecule is COc1cccc(-c2csc(CC(=O)O)n2)c1. The maximum Gasteiger partial charge on any atom is 0.310 e. The fourth-order valence-electron chi connectivity index (χ4n) is 1.44. The first-order chi connectivity index (χ1) is 8.19. The molecule has 2 aromatic rings. The van der Waals surface area contributed by atoms with Gasteiger partial charge in [-0.05, 0) is 12.1 Å². The summed E-state index contributed by atoms with van der Waals surface area (Å²) in [4.78, 5) is 14.8. The molecule has 0 fully saturated rings. The van der Waals surface area contributed by atoms with Crippen molar-refractivity contribution in [1.82, 2.24) is 4.98 Å². The van der Waals surface area contributed by atoms with E-state index in [0.29, 0.717) is 5.01 Å². The van der Waals surface area contributed by atoms with E-state index in [1.54, 1.807) is 7.11 Å². The molecule has 0 amide bonds. The quantitative estimate of drug-likeness (QED) is 0.904. The molecule has 17 heavy (non-hydrogen) atoms. The largest absolute Gasteiger partial charge is 0.497 e. The number of carbonyl (C=O) groups is 1. The van der Waals surface area contributed by atoms with Crippen LogP contribution in [0.3, 0.4) is 0 Å². The zero-order valence-corrected chi connectivity index (χ0v) is 10.0. The molecular formula is C12H11NO3S. The number of rotatable bonds is 4. The van der Waals surface area contributed by atoms with E-state index in [4.69, 9.17) is 9.84 Å². The molecule has 0 unspecified atom stereocenters. The second-order valence-electron chi connectivity index (χ2n) is 3.43. The van der Waals surface area contributed by atoms with E-state index in [9.17, 15) is 4.79 Å². The van der Waals surface area contributed by atoms with Gasteiger partial charge in [0.25, 0.3) is 0 Å². The Morgan fingerprint density at radius 2 is 2.35 bits per heavy atom. The summed E-state index contributed by atoms with van der Waals surface area (Å²) in [5, 5.41) is 11.1. The standard InChI is InChI=1S/C12H11NO3S/c1-16-9-4-2-3-8(5-9)10-7-17-11(13-10)6-12(14)15/h2-5,7H,6H2,1H3,(H,14,15).